The first kappa shape index (κ1) is 14.5. The van der Waals surface area contributed by atoms with Crippen molar-refractivity contribution in [1.82, 2.24) is 5.32 Å². The summed E-state index contributed by atoms with van der Waals surface area (Å²) in [6.45, 7) is 3.12. The molecule has 6 heteroatoms. The third-order valence-corrected chi connectivity index (χ3v) is 2.49. The first-order chi connectivity index (χ1) is 8.21. The number of carbonyl (C=O) groups is 1. The van der Waals surface area contributed by atoms with Crippen molar-refractivity contribution >= 4 is 5.91 Å². The lowest BCUT2D eigenvalue weighted by atomic mass is 10.0. The molecule has 0 bridgehead atoms. The SMILES string of the molecule is CC(N)C(=O)NC(C)c1cccc(C(F)(F)F)c1. The fourth-order valence-corrected chi connectivity index (χ4v) is 1.41. The molecule has 0 saturated heterocycles. The number of nitrogens with two attached hydrogens (primary N) is 1. The average Bonchev–Trinajstić information content (AvgIpc) is 2.27. The second kappa shape index (κ2) is 5.39. The molecular weight excluding hydrogens is 245 g/mol. The van der Waals surface area contributed by atoms with Crippen molar-refractivity contribution < 1.29 is 18.0 Å². The standard InChI is InChI=1S/C12H15F3N2O/c1-7(16)11(18)17-8(2)9-4-3-5-10(6-9)12(13,14)15/h3-8H,16H2,1-2H3,(H,17,18). The van der Waals surface area contributed by atoms with Crippen LogP contribution in [0.3, 0.4) is 0 Å². The van der Waals surface area contributed by atoms with Gasteiger partial charge >= 0.3 is 6.18 Å². The first-order valence-electron chi connectivity index (χ1n) is 5.45. The molecule has 2 atom stereocenters. The Morgan fingerprint density at radius 2 is 1.94 bits per heavy atom. The highest BCUT2D eigenvalue weighted by molar-refractivity contribution is 5.81. The molecular formula is C12H15F3N2O. The normalized spacial score (nSPS) is 15.0. The van der Waals surface area contributed by atoms with Gasteiger partial charge in [-0.15, -0.1) is 0 Å². The van der Waals surface area contributed by atoms with E-state index in [9.17, 15) is 18.0 Å². The monoisotopic (exact) mass is 260 g/mol. The molecule has 0 fully saturated rings. The van der Waals surface area contributed by atoms with Crippen molar-refractivity contribution in [3.05, 3.63) is 35.4 Å². The van der Waals surface area contributed by atoms with E-state index in [0.29, 0.717) is 5.56 Å². The quantitative estimate of drug-likeness (QED) is 0.875. The van der Waals surface area contributed by atoms with E-state index in [1.165, 1.54) is 19.1 Å². The van der Waals surface area contributed by atoms with Crippen LogP contribution >= 0.6 is 0 Å². The third-order valence-electron chi connectivity index (χ3n) is 2.49. The molecule has 1 amide bonds. The summed E-state index contributed by atoms with van der Waals surface area (Å²) in [5, 5.41) is 2.54. The molecule has 0 heterocycles. The molecule has 3 nitrogen and oxygen atoms in total. The van der Waals surface area contributed by atoms with Crippen molar-refractivity contribution in [2.75, 3.05) is 0 Å². The minimum absolute atomic E-state index is 0.388. The zero-order chi connectivity index (χ0) is 13.9. The van der Waals surface area contributed by atoms with Crippen LogP contribution in [-0.2, 0) is 11.0 Å². The van der Waals surface area contributed by atoms with Crippen LogP contribution in [0.2, 0.25) is 0 Å². The highest BCUT2D eigenvalue weighted by atomic mass is 19.4. The summed E-state index contributed by atoms with van der Waals surface area (Å²) < 4.78 is 37.5. The maximum atomic E-state index is 12.5. The van der Waals surface area contributed by atoms with Gasteiger partial charge in [0.25, 0.3) is 0 Å². The molecule has 0 radical (unpaired) electrons. The molecule has 0 aliphatic rings. The molecule has 0 saturated carbocycles. The highest BCUT2D eigenvalue weighted by Gasteiger charge is 2.30. The van der Waals surface area contributed by atoms with Gasteiger partial charge in [-0.25, -0.2) is 0 Å². The number of nitrogens with one attached hydrogen (secondary N) is 1. The topological polar surface area (TPSA) is 55.1 Å². The molecule has 0 aromatic heterocycles. The van der Waals surface area contributed by atoms with Gasteiger partial charge in [0.15, 0.2) is 0 Å². The van der Waals surface area contributed by atoms with Crippen LogP contribution in [-0.4, -0.2) is 11.9 Å². The molecule has 100 valence electrons. The Hall–Kier alpha value is -1.56. The summed E-state index contributed by atoms with van der Waals surface area (Å²) in [7, 11) is 0. The van der Waals surface area contributed by atoms with Gasteiger partial charge in [0.05, 0.1) is 17.6 Å². The molecule has 1 aromatic carbocycles. The minimum Gasteiger partial charge on any atom is -0.348 e. The van der Waals surface area contributed by atoms with E-state index in [1.54, 1.807) is 6.92 Å². The van der Waals surface area contributed by atoms with Gasteiger partial charge in [0.2, 0.25) is 5.91 Å². The Bertz CT molecular complexity index is 430. The number of carbonyl (C=O) groups excluding carboxylic acids is 1. The van der Waals surface area contributed by atoms with Crippen LogP contribution in [0.1, 0.15) is 31.0 Å². The predicted molar refractivity (Wildman–Crippen MR) is 61.7 cm³/mol. The smallest absolute Gasteiger partial charge is 0.348 e. The fraction of sp³-hybridized carbons (Fsp3) is 0.417. The van der Waals surface area contributed by atoms with E-state index in [0.717, 1.165) is 12.1 Å². The molecule has 18 heavy (non-hydrogen) atoms. The number of halogens is 3. The van der Waals surface area contributed by atoms with Gasteiger partial charge in [0.1, 0.15) is 0 Å². The molecule has 1 rings (SSSR count). The van der Waals surface area contributed by atoms with Crippen molar-refractivity contribution in [3.8, 4) is 0 Å². The van der Waals surface area contributed by atoms with Gasteiger partial charge in [-0.1, -0.05) is 12.1 Å². The molecule has 1 aromatic rings. The minimum atomic E-state index is -4.39. The first-order valence-corrected chi connectivity index (χ1v) is 5.45. The Balaban J connectivity index is 2.87. The van der Waals surface area contributed by atoms with Crippen molar-refractivity contribution in [1.29, 1.82) is 0 Å². The zero-order valence-corrected chi connectivity index (χ0v) is 10.1. The van der Waals surface area contributed by atoms with E-state index in [4.69, 9.17) is 5.73 Å². The maximum Gasteiger partial charge on any atom is 0.416 e. The maximum absolute atomic E-state index is 12.5. The summed E-state index contributed by atoms with van der Waals surface area (Å²) in [6.07, 6.45) is -4.39. The summed E-state index contributed by atoms with van der Waals surface area (Å²) in [5.41, 5.74) is 5.02. The van der Waals surface area contributed by atoms with Gasteiger partial charge in [-0.05, 0) is 31.5 Å². The van der Waals surface area contributed by atoms with Crippen LogP contribution in [0.15, 0.2) is 24.3 Å². The number of rotatable bonds is 3. The van der Waals surface area contributed by atoms with Crippen LogP contribution in [0.25, 0.3) is 0 Å². The van der Waals surface area contributed by atoms with Gasteiger partial charge < -0.3 is 11.1 Å². The Kier molecular flexibility index (Phi) is 4.34. The number of amides is 1. The van der Waals surface area contributed by atoms with Gasteiger partial charge in [0, 0.05) is 0 Å². The van der Waals surface area contributed by atoms with E-state index >= 15 is 0 Å². The lowest BCUT2D eigenvalue weighted by molar-refractivity contribution is -0.137. The lowest BCUT2D eigenvalue weighted by Crippen LogP contribution is -2.39. The summed E-state index contributed by atoms with van der Waals surface area (Å²) >= 11 is 0. The third kappa shape index (κ3) is 3.73. The Morgan fingerprint density at radius 3 is 2.44 bits per heavy atom. The van der Waals surface area contributed by atoms with E-state index in [1.807, 2.05) is 0 Å². The molecule has 0 aliphatic heterocycles. The summed E-state index contributed by atoms with van der Waals surface area (Å²) in [5.74, 6) is -0.403. The van der Waals surface area contributed by atoms with Crippen LogP contribution in [0.5, 0.6) is 0 Å². The molecule has 0 aliphatic carbocycles. The molecule has 2 unspecified atom stereocenters. The fourth-order valence-electron chi connectivity index (χ4n) is 1.41. The second-order valence-electron chi connectivity index (χ2n) is 4.14. The van der Waals surface area contributed by atoms with Crippen LogP contribution < -0.4 is 11.1 Å². The van der Waals surface area contributed by atoms with Crippen LogP contribution in [0, 0.1) is 0 Å². The highest BCUT2D eigenvalue weighted by Crippen LogP contribution is 2.30. The summed E-state index contributed by atoms with van der Waals surface area (Å²) in [6, 6.07) is 3.63. The molecule has 3 N–H and O–H groups in total. The lowest BCUT2D eigenvalue weighted by Gasteiger charge is -2.17. The van der Waals surface area contributed by atoms with E-state index in [-0.39, 0.29) is 0 Å². The summed E-state index contributed by atoms with van der Waals surface area (Å²) in [4.78, 5) is 11.4. The number of hydrogen-bond donors (Lipinski definition) is 2. The van der Waals surface area contributed by atoms with E-state index < -0.39 is 29.7 Å². The Morgan fingerprint density at radius 1 is 1.33 bits per heavy atom. The number of benzene rings is 1. The average molecular weight is 260 g/mol. The molecule has 0 spiro atoms. The van der Waals surface area contributed by atoms with E-state index in [2.05, 4.69) is 5.32 Å². The van der Waals surface area contributed by atoms with Crippen molar-refractivity contribution in [2.45, 2.75) is 32.1 Å². The number of alkyl halides is 3. The predicted octanol–water partition coefficient (Wildman–Crippen LogP) is 2.23. The largest absolute Gasteiger partial charge is 0.416 e. The zero-order valence-electron chi connectivity index (χ0n) is 10.1. The van der Waals surface area contributed by atoms with Gasteiger partial charge in [-0.2, -0.15) is 13.2 Å². The van der Waals surface area contributed by atoms with Crippen molar-refractivity contribution in [2.24, 2.45) is 5.73 Å². The second-order valence-corrected chi connectivity index (χ2v) is 4.14. The van der Waals surface area contributed by atoms with Gasteiger partial charge in [-0.3, -0.25) is 4.79 Å². The van der Waals surface area contributed by atoms with Crippen molar-refractivity contribution in [3.63, 3.8) is 0 Å². The number of hydrogen-bond acceptors (Lipinski definition) is 2. The van der Waals surface area contributed by atoms with Crippen LogP contribution in [0.4, 0.5) is 13.2 Å². The Labute approximate surface area is 103 Å².